The van der Waals surface area contributed by atoms with Crippen molar-refractivity contribution >= 4 is 14.8 Å². The Hall–Kier alpha value is 0.0499. The molecule has 0 radical (unpaired) electrons. The second-order valence-electron chi connectivity index (χ2n) is 2.97. The average molecular weight is 156 g/mol. The van der Waals surface area contributed by atoms with Gasteiger partial charge in [-0.25, -0.2) is 0 Å². The topological polar surface area (TPSA) is 29.3 Å². The van der Waals surface area contributed by atoms with Gasteiger partial charge in [0.05, 0.1) is 0 Å². The van der Waals surface area contributed by atoms with E-state index in [4.69, 9.17) is 5.64 Å². The molecule has 0 spiro atoms. The van der Waals surface area contributed by atoms with Gasteiger partial charge in [-0.1, -0.05) is 33.4 Å². The van der Waals surface area contributed by atoms with Gasteiger partial charge in [-0.15, -0.1) is 0 Å². The molecule has 66 valence electrons. The Morgan fingerprint density at radius 1 is 1.27 bits per heavy atom. The van der Waals surface area contributed by atoms with E-state index in [1.54, 1.807) is 0 Å². The van der Waals surface area contributed by atoms with Crippen molar-refractivity contribution in [1.29, 1.82) is 0 Å². The minimum absolute atomic E-state index is 0.435. The summed E-state index contributed by atoms with van der Waals surface area (Å²) in [5.74, 6) is 0. The lowest BCUT2D eigenvalue weighted by atomic mass is 9.59. The predicted octanol–water partition coefficient (Wildman–Crippen LogP) is 0.463. The number of rotatable bonds is 3. The van der Waals surface area contributed by atoms with Crippen molar-refractivity contribution in [2.24, 2.45) is 5.64 Å². The fourth-order valence-corrected chi connectivity index (χ4v) is 0.289. The molecule has 0 saturated carbocycles. The molecule has 0 aliphatic heterocycles. The highest BCUT2D eigenvalue weighted by atomic mass is 15.0. The van der Waals surface area contributed by atoms with E-state index in [2.05, 4.69) is 40.6 Å². The molecule has 2 N–H and O–H groups in total. The molecule has 0 rings (SSSR count). The van der Waals surface area contributed by atoms with E-state index in [0.717, 1.165) is 19.2 Å². The van der Waals surface area contributed by atoms with Crippen LogP contribution in [0.1, 0.15) is 20.8 Å². The van der Waals surface area contributed by atoms with Crippen LogP contribution >= 0.6 is 0 Å². The molecule has 0 aromatic carbocycles. The van der Waals surface area contributed by atoms with Crippen LogP contribution in [0.15, 0.2) is 0 Å². The van der Waals surface area contributed by atoms with Gasteiger partial charge in [0.2, 0.25) is 6.85 Å². The lowest BCUT2D eigenvalue weighted by molar-refractivity contribution is 0.581. The van der Waals surface area contributed by atoms with Crippen molar-refractivity contribution in [2.75, 3.05) is 13.6 Å². The van der Waals surface area contributed by atoms with Crippen LogP contribution < -0.4 is 5.64 Å². The minimum Gasteiger partial charge on any atom is -0.370 e. The zero-order valence-corrected chi connectivity index (χ0v) is 8.72. The largest absolute Gasteiger partial charge is 0.370 e. The highest BCUT2D eigenvalue weighted by Gasteiger charge is 1.96. The van der Waals surface area contributed by atoms with Crippen molar-refractivity contribution in [1.82, 2.24) is 4.81 Å². The van der Waals surface area contributed by atoms with Crippen molar-refractivity contribution in [3.8, 4) is 0 Å². The van der Waals surface area contributed by atoms with Crippen molar-refractivity contribution in [3.05, 3.63) is 0 Å². The Kier molecular flexibility index (Phi) is 12.4. The summed E-state index contributed by atoms with van der Waals surface area (Å²) in [4.78, 5) is 2.12. The van der Waals surface area contributed by atoms with Gasteiger partial charge in [0.15, 0.2) is 7.98 Å². The normalized spacial score (nSPS) is 8.91. The monoisotopic (exact) mass is 156 g/mol. The molecule has 0 aliphatic rings. The smallest absolute Gasteiger partial charge is 0.217 e. The maximum Gasteiger partial charge on any atom is 0.217 e. The van der Waals surface area contributed by atoms with Gasteiger partial charge in [0.1, 0.15) is 0 Å². The van der Waals surface area contributed by atoms with Crippen LogP contribution in [0.4, 0.5) is 0 Å². The second kappa shape index (κ2) is 10.0. The molecule has 0 heterocycles. The van der Waals surface area contributed by atoms with Crippen molar-refractivity contribution < 1.29 is 0 Å². The molecule has 0 aromatic rings. The molecule has 11 heavy (non-hydrogen) atoms. The van der Waals surface area contributed by atoms with Crippen molar-refractivity contribution in [2.45, 2.75) is 33.4 Å². The molecule has 0 unspecified atom stereocenters. The zero-order valence-electron chi connectivity index (χ0n) is 8.72. The van der Waals surface area contributed by atoms with Gasteiger partial charge < -0.3 is 10.5 Å². The third-order valence-electron chi connectivity index (χ3n) is 1.68. The molecule has 0 amide bonds. The van der Waals surface area contributed by atoms with Crippen LogP contribution in [0.3, 0.4) is 0 Å². The van der Waals surface area contributed by atoms with Crippen LogP contribution in [0.2, 0.25) is 12.6 Å². The molecular formula is C7H22B2N2. The van der Waals surface area contributed by atoms with E-state index in [1.165, 1.54) is 0 Å². The Balaban J connectivity index is 0. The summed E-state index contributed by atoms with van der Waals surface area (Å²) in [5, 5.41) is 0. The molecular weight excluding hydrogens is 134 g/mol. The predicted molar refractivity (Wildman–Crippen MR) is 57.8 cm³/mol. The molecule has 0 atom stereocenters. The molecule has 0 aromatic heterocycles. The quantitative estimate of drug-likeness (QED) is 0.601. The van der Waals surface area contributed by atoms with E-state index < -0.39 is 0 Å². The maximum absolute atomic E-state index is 5.47. The van der Waals surface area contributed by atoms with Crippen LogP contribution in [-0.4, -0.2) is 33.2 Å². The number of hydrogen-bond donors (Lipinski definition) is 1. The summed E-state index contributed by atoms with van der Waals surface area (Å²) in [6, 6.07) is 0. The SMILES string of the molecule is BN(C)CC.CCB(N)CC. The van der Waals surface area contributed by atoms with Gasteiger partial charge in [-0.3, -0.25) is 0 Å². The van der Waals surface area contributed by atoms with E-state index in [0.29, 0.717) is 6.85 Å². The number of nitrogens with zero attached hydrogens (tertiary/aromatic N) is 1. The Morgan fingerprint density at radius 3 is 1.55 bits per heavy atom. The fourth-order valence-electron chi connectivity index (χ4n) is 0.289. The first-order chi connectivity index (χ1) is 5.08. The van der Waals surface area contributed by atoms with E-state index >= 15 is 0 Å². The van der Waals surface area contributed by atoms with Crippen LogP contribution in [-0.2, 0) is 0 Å². The van der Waals surface area contributed by atoms with Crippen molar-refractivity contribution in [3.63, 3.8) is 0 Å². The van der Waals surface area contributed by atoms with E-state index in [-0.39, 0.29) is 0 Å². The zero-order chi connectivity index (χ0) is 9.28. The summed E-state index contributed by atoms with van der Waals surface area (Å²) < 4.78 is 0. The van der Waals surface area contributed by atoms with Crippen LogP contribution in [0.25, 0.3) is 0 Å². The highest BCUT2D eigenvalue weighted by molar-refractivity contribution is 6.54. The molecule has 0 saturated heterocycles. The number of hydrogen-bond acceptors (Lipinski definition) is 2. The Labute approximate surface area is 73.1 Å². The lowest BCUT2D eigenvalue weighted by Crippen LogP contribution is -2.21. The third-order valence-corrected chi connectivity index (χ3v) is 1.68. The highest BCUT2D eigenvalue weighted by Crippen LogP contribution is 1.86. The van der Waals surface area contributed by atoms with E-state index in [1.807, 2.05) is 0 Å². The molecule has 0 fully saturated rings. The van der Waals surface area contributed by atoms with Gasteiger partial charge in [0.25, 0.3) is 0 Å². The van der Waals surface area contributed by atoms with Gasteiger partial charge in [-0.2, -0.15) is 0 Å². The molecule has 4 heteroatoms. The Morgan fingerprint density at radius 2 is 1.55 bits per heavy atom. The van der Waals surface area contributed by atoms with Gasteiger partial charge in [0, 0.05) is 0 Å². The standard InChI is InChI=1S/C4H12BN.C3H10BN/c1-3-5(6)4-2;1-3-5(2)4/h3-4,6H2,1-2H3;3-4H2,1-2H3. The van der Waals surface area contributed by atoms with Gasteiger partial charge >= 0.3 is 0 Å². The number of nitrogens with two attached hydrogens (primary N) is 1. The van der Waals surface area contributed by atoms with Crippen LogP contribution in [0.5, 0.6) is 0 Å². The first-order valence-corrected chi connectivity index (χ1v) is 4.48. The molecule has 0 aliphatic carbocycles. The second-order valence-corrected chi connectivity index (χ2v) is 2.97. The van der Waals surface area contributed by atoms with Crippen LogP contribution in [0, 0.1) is 0 Å². The van der Waals surface area contributed by atoms with E-state index in [9.17, 15) is 0 Å². The summed E-state index contributed by atoms with van der Waals surface area (Å²) in [6.45, 7) is 7.91. The first kappa shape index (κ1) is 13.6. The average Bonchev–Trinajstić information content (AvgIpc) is 2.04. The van der Waals surface area contributed by atoms with Gasteiger partial charge in [-0.05, 0) is 13.6 Å². The third kappa shape index (κ3) is 17.8. The lowest BCUT2D eigenvalue weighted by Gasteiger charge is -2.00. The molecule has 0 bridgehead atoms. The first-order valence-electron chi connectivity index (χ1n) is 4.48. The summed E-state index contributed by atoms with van der Waals surface area (Å²) in [7, 11) is 4.11. The minimum atomic E-state index is 0.435. The fraction of sp³-hybridized carbons (Fsp3) is 1.00. The summed E-state index contributed by atoms with van der Waals surface area (Å²) >= 11 is 0. The maximum atomic E-state index is 5.47. The summed E-state index contributed by atoms with van der Waals surface area (Å²) in [6.07, 6.45) is 2.22. The summed E-state index contributed by atoms with van der Waals surface area (Å²) in [5.41, 5.74) is 5.47. The molecule has 2 nitrogen and oxygen atoms in total. The Bertz CT molecular complexity index is 65.5.